The molecule has 0 saturated carbocycles. The molecule has 0 atom stereocenters. The number of hydrogen-bond donors (Lipinski definition) is 1. The van der Waals surface area contributed by atoms with Gasteiger partial charge in [0.05, 0.1) is 4.92 Å². The van der Waals surface area contributed by atoms with Gasteiger partial charge in [0, 0.05) is 32.2 Å². The second kappa shape index (κ2) is 5.62. The largest absolute Gasteiger partial charge is 0.354 e. The highest BCUT2D eigenvalue weighted by atomic mass is 35.5. The van der Waals surface area contributed by atoms with E-state index in [-0.39, 0.29) is 18.1 Å². The molecule has 7 heteroatoms. The summed E-state index contributed by atoms with van der Waals surface area (Å²) in [6.07, 6.45) is 1.30. The van der Waals surface area contributed by atoms with Gasteiger partial charge in [0.25, 0.3) is 5.69 Å². The lowest BCUT2D eigenvalue weighted by Gasteiger charge is -2.28. The molecule has 0 aromatic carbocycles. The quantitative estimate of drug-likeness (QED) is 0.616. The van der Waals surface area contributed by atoms with Gasteiger partial charge in [-0.25, -0.2) is 4.98 Å². The third-order valence-electron chi connectivity index (χ3n) is 2.38. The summed E-state index contributed by atoms with van der Waals surface area (Å²) in [6, 6.07) is 3.19. The molecule has 1 fully saturated rings. The molecule has 0 unspecified atom stereocenters. The van der Waals surface area contributed by atoms with Crippen molar-refractivity contribution in [1.29, 1.82) is 0 Å². The second-order valence-corrected chi connectivity index (χ2v) is 3.37. The highest BCUT2D eigenvalue weighted by Crippen LogP contribution is 2.15. The highest BCUT2D eigenvalue weighted by Gasteiger charge is 2.12. The van der Waals surface area contributed by atoms with Crippen LogP contribution in [0.4, 0.5) is 11.5 Å². The zero-order valence-corrected chi connectivity index (χ0v) is 9.44. The molecule has 1 aromatic rings. The molecule has 2 rings (SSSR count). The van der Waals surface area contributed by atoms with Gasteiger partial charge in [-0.05, 0) is 6.07 Å². The monoisotopic (exact) mass is 244 g/mol. The number of pyridine rings is 1. The molecule has 1 aromatic heterocycles. The molecule has 1 saturated heterocycles. The molecule has 16 heavy (non-hydrogen) atoms. The van der Waals surface area contributed by atoms with Crippen LogP contribution in [-0.2, 0) is 0 Å². The number of rotatable bonds is 2. The Morgan fingerprint density at radius 1 is 1.38 bits per heavy atom. The maximum absolute atomic E-state index is 10.4. The summed E-state index contributed by atoms with van der Waals surface area (Å²) in [5, 5.41) is 13.7. The Hall–Kier alpha value is -1.40. The van der Waals surface area contributed by atoms with Crippen molar-refractivity contribution >= 4 is 23.9 Å². The molecular weight excluding hydrogens is 232 g/mol. The summed E-state index contributed by atoms with van der Waals surface area (Å²) in [5.41, 5.74) is 0.0360. The summed E-state index contributed by atoms with van der Waals surface area (Å²) >= 11 is 0. The average molecular weight is 245 g/mol. The molecular formula is C9H13ClN4O2. The van der Waals surface area contributed by atoms with E-state index in [4.69, 9.17) is 0 Å². The highest BCUT2D eigenvalue weighted by molar-refractivity contribution is 5.85. The van der Waals surface area contributed by atoms with Crippen LogP contribution in [0.5, 0.6) is 0 Å². The van der Waals surface area contributed by atoms with Crippen LogP contribution in [0.15, 0.2) is 18.3 Å². The van der Waals surface area contributed by atoms with Gasteiger partial charge in [0.1, 0.15) is 12.0 Å². The molecule has 1 N–H and O–H groups in total. The van der Waals surface area contributed by atoms with Crippen LogP contribution < -0.4 is 10.2 Å². The Bertz CT molecular complexity index is 351. The van der Waals surface area contributed by atoms with Crippen molar-refractivity contribution in [3.63, 3.8) is 0 Å². The number of nitrogens with zero attached hydrogens (tertiary/aromatic N) is 3. The van der Waals surface area contributed by atoms with Crippen LogP contribution in [0.1, 0.15) is 0 Å². The van der Waals surface area contributed by atoms with E-state index < -0.39 is 4.92 Å². The second-order valence-electron chi connectivity index (χ2n) is 3.37. The number of aromatic nitrogens is 1. The maximum Gasteiger partial charge on any atom is 0.287 e. The molecule has 0 radical (unpaired) electrons. The van der Waals surface area contributed by atoms with E-state index in [0.29, 0.717) is 0 Å². The van der Waals surface area contributed by atoms with E-state index in [0.717, 1.165) is 32.0 Å². The van der Waals surface area contributed by atoms with E-state index in [2.05, 4.69) is 15.2 Å². The number of piperazine rings is 1. The fourth-order valence-electron chi connectivity index (χ4n) is 1.57. The van der Waals surface area contributed by atoms with Crippen LogP contribution in [0.2, 0.25) is 0 Å². The Labute approximate surface area is 99.2 Å². The minimum absolute atomic E-state index is 0. The van der Waals surface area contributed by atoms with Gasteiger partial charge in [0.2, 0.25) is 0 Å². The Kier molecular flexibility index (Phi) is 4.45. The summed E-state index contributed by atoms with van der Waals surface area (Å²) in [4.78, 5) is 16.2. The normalized spacial score (nSPS) is 15.4. The van der Waals surface area contributed by atoms with E-state index in [9.17, 15) is 10.1 Å². The SMILES string of the molecule is Cl.O=[N+]([O-])c1ccc(N2CCNCC2)nc1. The van der Waals surface area contributed by atoms with Gasteiger partial charge in [-0.15, -0.1) is 12.4 Å². The molecule has 1 aliphatic rings. The minimum atomic E-state index is -0.436. The van der Waals surface area contributed by atoms with E-state index in [1.165, 1.54) is 12.3 Å². The van der Waals surface area contributed by atoms with Crippen LogP contribution >= 0.6 is 12.4 Å². The third-order valence-corrected chi connectivity index (χ3v) is 2.38. The predicted octanol–water partition coefficient (Wildman–Crippen LogP) is 0.821. The van der Waals surface area contributed by atoms with E-state index in [1.54, 1.807) is 6.07 Å². The third kappa shape index (κ3) is 2.80. The average Bonchev–Trinajstić information content (AvgIpc) is 2.30. The molecule has 0 aliphatic carbocycles. The fourth-order valence-corrected chi connectivity index (χ4v) is 1.57. The molecule has 0 bridgehead atoms. The first-order valence-corrected chi connectivity index (χ1v) is 4.83. The summed E-state index contributed by atoms with van der Waals surface area (Å²) < 4.78 is 0. The number of nitro groups is 1. The van der Waals surface area contributed by atoms with E-state index in [1.807, 2.05) is 0 Å². The standard InChI is InChI=1S/C9H12N4O2.ClH/c14-13(15)8-1-2-9(11-7-8)12-5-3-10-4-6-12;/h1-2,7,10H,3-6H2;1H. The van der Waals surface area contributed by atoms with Gasteiger partial charge >= 0.3 is 0 Å². The summed E-state index contributed by atoms with van der Waals surface area (Å²) in [6.45, 7) is 3.65. The minimum Gasteiger partial charge on any atom is -0.354 e. The Balaban J connectivity index is 0.00000128. The van der Waals surface area contributed by atoms with Gasteiger partial charge in [-0.3, -0.25) is 10.1 Å². The molecule has 6 nitrogen and oxygen atoms in total. The summed E-state index contributed by atoms with van der Waals surface area (Å²) in [5.74, 6) is 0.808. The van der Waals surface area contributed by atoms with Crippen molar-refractivity contribution in [2.45, 2.75) is 0 Å². The molecule has 88 valence electrons. The van der Waals surface area contributed by atoms with Crippen molar-refractivity contribution in [3.8, 4) is 0 Å². The zero-order chi connectivity index (χ0) is 10.7. The number of nitrogens with one attached hydrogen (secondary N) is 1. The van der Waals surface area contributed by atoms with Crippen LogP contribution in [0, 0.1) is 10.1 Å². The predicted molar refractivity (Wildman–Crippen MR) is 63.2 cm³/mol. The Morgan fingerprint density at radius 2 is 2.06 bits per heavy atom. The molecule has 0 spiro atoms. The van der Waals surface area contributed by atoms with Crippen molar-refractivity contribution in [2.75, 3.05) is 31.1 Å². The molecule has 2 heterocycles. The zero-order valence-electron chi connectivity index (χ0n) is 8.63. The molecule has 0 amide bonds. The van der Waals surface area contributed by atoms with Crippen LogP contribution in [-0.4, -0.2) is 36.1 Å². The first-order chi connectivity index (χ1) is 7.27. The number of anilines is 1. The first kappa shape index (κ1) is 12.7. The first-order valence-electron chi connectivity index (χ1n) is 4.83. The fraction of sp³-hybridized carbons (Fsp3) is 0.444. The number of hydrogen-bond acceptors (Lipinski definition) is 5. The van der Waals surface area contributed by atoms with Gasteiger partial charge < -0.3 is 10.2 Å². The lowest BCUT2D eigenvalue weighted by Crippen LogP contribution is -2.43. The maximum atomic E-state index is 10.4. The van der Waals surface area contributed by atoms with Crippen LogP contribution in [0.3, 0.4) is 0 Å². The van der Waals surface area contributed by atoms with Crippen molar-refractivity contribution in [3.05, 3.63) is 28.4 Å². The smallest absolute Gasteiger partial charge is 0.287 e. The van der Waals surface area contributed by atoms with Gasteiger partial charge in [-0.2, -0.15) is 0 Å². The van der Waals surface area contributed by atoms with Crippen LogP contribution in [0.25, 0.3) is 0 Å². The van der Waals surface area contributed by atoms with Crippen molar-refractivity contribution < 1.29 is 4.92 Å². The Morgan fingerprint density at radius 3 is 2.56 bits per heavy atom. The van der Waals surface area contributed by atoms with Gasteiger partial charge in [0.15, 0.2) is 0 Å². The van der Waals surface area contributed by atoms with Crippen molar-refractivity contribution in [2.24, 2.45) is 0 Å². The van der Waals surface area contributed by atoms with E-state index >= 15 is 0 Å². The van der Waals surface area contributed by atoms with Crippen molar-refractivity contribution in [1.82, 2.24) is 10.3 Å². The van der Waals surface area contributed by atoms with Gasteiger partial charge in [-0.1, -0.05) is 0 Å². The lowest BCUT2D eigenvalue weighted by atomic mass is 10.3. The topological polar surface area (TPSA) is 71.3 Å². The lowest BCUT2D eigenvalue weighted by molar-refractivity contribution is -0.385. The number of halogens is 1. The summed E-state index contributed by atoms with van der Waals surface area (Å²) in [7, 11) is 0. The molecule has 1 aliphatic heterocycles.